The fourth-order valence-electron chi connectivity index (χ4n) is 4.09. The monoisotopic (exact) mass is 433 g/mol. The average Bonchev–Trinajstić information content (AvgIpc) is 3.60. The van der Waals surface area contributed by atoms with E-state index in [4.69, 9.17) is 9.72 Å². The van der Waals surface area contributed by atoms with Crippen LogP contribution in [0.4, 0.5) is 0 Å². The van der Waals surface area contributed by atoms with Crippen LogP contribution in [0.25, 0.3) is 11.0 Å². The first-order chi connectivity index (χ1) is 15.6. The number of aromatic nitrogens is 2. The number of fused-ring (bicyclic) bond motifs is 1. The summed E-state index contributed by atoms with van der Waals surface area (Å²) in [4.78, 5) is 17.1. The van der Waals surface area contributed by atoms with E-state index in [9.17, 15) is 4.79 Å². The van der Waals surface area contributed by atoms with Crippen molar-refractivity contribution in [2.24, 2.45) is 5.92 Å². The molecule has 1 aromatic heterocycles. The molecule has 0 radical (unpaired) electrons. The summed E-state index contributed by atoms with van der Waals surface area (Å²) in [6.45, 7) is 8.05. The topological polar surface area (TPSA) is 56.1 Å². The molecular weight excluding hydrogens is 398 g/mol. The zero-order chi connectivity index (χ0) is 22.5. The number of carbonyl (C=O) groups excluding carboxylic acids is 1. The van der Waals surface area contributed by atoms with E-state index >= 15 is 0 Å². The summed E-state index contributed by atoms with van der Waals surface area (Å²) in [5.74, 6) is 2.80. The highest BCUT2D eigenvalue weighted by Gasteiger charge is 2.31. The number of imidazole rings is 1. The summed E-state index contributed by atoms with van der Waals surface area (Å²) >= 11 is 0. The van der Waals surface area contributed by atoms with Crippen molar-refractivity contribution >= 4 is 16.9 Å². The molecule has 2 aromatic carbocycles. The summed E-state index contributed by atoms with van der Waals surface area (Å²) in [7, 11) is 0. The fraction of sp³-hybridized carbons (Fsp3) is 0.481. The fourth-order valence-corrected chi connectivity index (χ4v) is 4.09. The Labute approximate surface area is 191 Å². The Hall–Kier alpha value is -2.82. The summed E-state index contributed by atoms with van der Waals surface area (Å²) < 4.78 is 8.22. The normalized spacial score (nSPS) is 15.5. The molecule has 4 rings (SSSR count). The van der Waals surface area contributed by atoms with Crippen LogP contribution < -0.4 is 10.1 Å². The molecule has 5 nitrogen and oxygen atoms in total. The molecule has 2 unspecified atom stereocenters. The van der Waals surface area contributed by atoms with Gasteiger partial charge in [-0.2, -0.15) is 0 Å². The lowest BCUT2D eigenvalue weighted by Gasteiger charge is -2.16. The number of carbonyl (C=O) groups is 1. The molecule has 0 bridgehead atoms. The number of nitrogens with one attached hydrogen (secondary N) is 1. The average molecular weight is 434 g/mol. The van der Waals surface area contributed by atoms with E-state index < -0.39 is 0 Å². The van der Waals surface area contributed by atoms with E-state index in [0.717, 1.165) is 61.3 Å². The number of aryl methyl sites for hydroxylation is 1. The largest absolute Gasteiger partial charge is 0.494 e. The molecule has 1 fully saturated rings. The number of unbranched alkanes of at least 4 members (excludes halogenated alkanes) is 1. The van der Waals surface area contributed by atoms with Crippen molar-refractivity contribution in [3.05, 3.63) is 59.9 Å². The van der Waals surface area contributed by atoms with Gasteiger partial charge in [-0.15, -0.1) is 0 Å². The first kappa shape index (κ1) is 22.4. The molecule has 1 aliphatic carbocycles. The van der Waals surface area contributed by atoms with Crippen LogP contribution >= 0.6 is 0 Å². The second-order valence-electron chi connectivity index (χ2n) is 9.05. The first-order valence-corrected chi connectivity index (χ1v) is 12.0. The first-order valence-electron chi connectivity index (χ1n) is 12.0. The summed E-state index contributed by atoms with van der Waals surface area (Å²) in [5, 5.41) is 3.15. The summed E-state index contributed by atoms with van der Waals surface area (Å²) in [6.07, 6.45) is 5.11. The van der Waals surface area contributed by atoms with E-state index in [-0.39, 0.29) is 17.9 Å². The molecule has 0 spiro atoms. The maximum Gasteiger partial charge on any atom is 0.223 e. The van der Waals surface area contributed by atoms with Gasteiger partial charge in [0.15, 0.2) is 0 Å². The maximum atomic E-state index is 12.3. The third-order valence-electron chi connectivity index (χ3n) is 6.48. The van der Waals surface area contributed by atoms with E-state index in [2.05, 4.69) is 54.1 Å². The quantitative estimate of drug-likeness (QED) is 0.378. The molecule has 5 heteroatoms. The van der Waals surface area contributed by atoms with E-state index in [1.807, 2.05) is 25.1 Å². The van der Waals surface area contributed by atoms with Gasteiger partial charge in [0.2, 0.25) is 5.91 Å². The Morgan fingerprint density at radius 2 is 1.88 bits per heavy atom. The SMILES string of the molecule is CCC(C)c1ccc(OCCCCn2c(C(C)NC(=O)C3CC3)nc3ccccc32)cc1. The highest BCUT2D eigenvalue weighted by molar-refractivity contribution is 5.81. The number of hydrogen-bond donors (Lipinski definition) is 1. The zero-order valence-electron chi connectivity index (χ0n) is 19.5. The van der Waals surface area contributed by atoms with Gasteiger partial charge in [0.1, 0.15) is 11.6 Å². The van der Waals surface area contributed by atoms with Crippen molar-refractivity contribution in [3.63, 3.8) is 0 Å². The van der Waals surface area contributed by atoms with E-state index in [1.165, 1.54) is 5.56 Å². The van der Waals surface area contributed by atoms with Crippen molar-refractivity contribution in [3.8, 4) is 5.75 Å². The van der Waals surface area contributed by atoms with Crippen molar-refractivity contribution in [2.45, 2.75) is 71.4 Å². The number of amides is 1. The molecule has 2 atom stereocenters. The number of rotatable bonds is 11. The molecule has 170 valence electrons. The molecule has 1 saturated carbocycles. The van der Waals surface area contributed by atoms with E-state index in [0.29, 0.717) is 12.5 Å². The number of benzene rings is 2. The third kappa shape index (κ3) is 5.32. The Kier molecular flexibility index (Phi) is 7.13. The summed E-state index contributed by atoms with van der Waals surface area (Å²) in [6, 6.07) is 16.6. The van der Waals surface area contributed by atoms with Gasteiger partial charge in [0, 0.05) is 12.5 Å². The number of nitrogens with zero attached hydrogens (tertiary/aromatic N) is 2. The minimum absolute atomic E-state index is 0.101. The molecule has 1 amide bonds. The molecule has 1 aliphatic rings. The van der Waals surface area contributed by atoms with Crippen LogP contribution in [0, 0.1) is 5.92 Å². The predicted octanol–water partition coefficient (Wildman–Crippen LogP) is 6.00. The second kappa shape index (κ2) is 10.2. The van der Waals surface area contributed by atoms with Gasteiger partial charge < -0.3 is 14.6 Å². The van der Waals surface area contributed by atoms with E-state index in [1.54, 1.807) is 0 Å². The maximum absolute atomic E-state index is 12.3. The Bertz CT molecular complexity index is 1040. The lowest BCUT2D eigenvalue weighted by molar-refractivity contribution is -0.123. The second-order valence-corrected chi connectivity index (χ2v) is 9.05. The third-order valence-corrected chi connectivity index (χ3v) is 6.48. The highest BCUT2D eigenvalue weighted by atomic mass is 16.5. The Balaban J connectivity index is 1.33. The Morgan fingerprint density at radius 1 is 1.12 bits per heavy atom. The summed E-state index contributed by atoms with van der Waals surface area (Å²) in [5.41, 5.74) is 3.46. The minimum Gasteiger partial charge on any atom is -0.494 e. The zero-order valence-corrected chi connectivity index (χ0v) is 19.5. The number of ether oxygens (including phenoxy) is 1. The lowest BCUT2D eigenvalue weighted by atomic mass is 9.99. The van der Waals surface area contributed by atoms with Crippen LogP contribution in [0.15, 0.2) is 48.5 Å². The molecule has 32 heavy (non-hydrogen) atoms. The Morgan fingerprint density at radius 3 is 2.59 bits per heavy atom. The van der Waals surface area contributed by atoms with Crippen LogP contribution in [0.2, 0.25) is 0 Å². The number of para-hydroxylation sites is 2. The van der Waals surface area contributed by atoms with Crippen molar-refractivity contribution < 1.29 is 9.53 Å². The molecule has 1 N–H and O–H groups in total. The number of hydrogen-bond acceptors (Lipinski definition) is 3. The molecule has 3 aromatic rings. The standard InChI is InChI=1S/C27H35N3O2/c1-4-19(2)21-13-15-23(16-14-21)32-18-8-7-17-30-25-10-6-5-9-24(25)29-26(30)20(3)28-27(31)22-11-12-22/h5-6,9-10,13-16,19-20,22H,4,7-8,11-12,17-18H2,1-3H3,(H,28,31). The molecular formula is C27H35N3O2. The van der Waals surface area contributed by atoms with Gasteiger partial charge in [-0.3, -0.25) is 4.79 Å². The van der Waals surface area contributed by atoms with Gasteiger partial charge in [0.25, 0.3) is 0 Å². The van der Waals surface area contributed by atoms with Gasteiger partial charge in [-0.05, 0) is 74.8 Å². The smallest absolute Gasteiger partial charge is 0.223 e. The van der Waals surface area contributed by atoms with Crippen LogP contribution in [0.3, 0.4) is 0 Å². The molecule has 0 saturated heterocycles. The van der Waals surface area contributed by atoms with Crippen molar-refractivity contribution in [1.82, 2.24) is 14.9 Å². The highest BCUT2D eigenvalue weighted by Crippen LogP contribution is 2.30. The lowest BCUT2D eigenvalue weighted by Crippen LogP contribution is -2.29. The molecule has 0 aliphatic heterocycles. The predicted molar refractivity (Wildman–Crippen MR) is 129 cm³/mol. The van der Waals surface area contributed by atoms with Crippen LogP contribution in [-0.2, 0) is 11.3 Å². The van der Waals surface area contributed by atoms with Crippen LogP contribution in [0.1, 0.15) is 76.2 Å². The minimum atomic E-state index is -0.101. The van der Waals surface area contributed by atoms with Gasteiger partial charge in [0.05, 0.1) is 23.7 Å². The van der Waals surface area contributed by atoms with Crippen molar-refractivity contribution in [1.29, 1.82) is 0 Å². The molecule has 1 heterocycles. The van der Waals surface area contributed by atoms with Crippen molar-refractivity contribution in [2.75, 3.05) is 6.61 Å². The van der Waals surface area contributed by atoms with Crippen LogP contribution in [0.5, 0.6) is 5.75 Å². The van der Waals surface area contributed by atoms with Gasteiger partial charge in [-0.25, -0.2) is 4.98 Å². The van der Waals surface area contributed by atoms with Gasteiger partial charge >= 0.3 is 0 Å². The van der Waals surface area contributed by atoms with Gasteiger partial charge in [-0.1, -0.05) is 38.1 Å². The van der Waals surface area contributed by atoms with Crippen LogP contribution in [-0.4, -0.2) is 22.1 Å².